The van der Waals surface area contributed by atoms with E-state index in [0.29, 0.717) is 12.5 Å². The number of amides is 2. The molecule has 1 aliphatic carbocycles. The van der Waals surface area contributed by atoms with E-state index in [-0.39, 0.29) is 17.6 Å². The number of nitriles is 1. The molecule has 2 aliphatic rings. The summed E-state index contributed by atoms with van der Waals surface area (Å²) in [4.78, 5) is 28.6. The van der Waals surface area contributed by atoms with Crippen molar-refractivity contribution < 1.29 is 4.79 Å². The van der Waals surface area contributed by atoms with Gasteiger partial charge >= 0.3 is 6.03 Å². The van der Waals surface area contributed by atoms with Gasteiger partial charge in [0.2, 0.25) is 0 Å². The minimum absolute atomic E-state index is 0.0340. The number of carbonyl (C=O) groups is 1. The minimum Gasteiger partial charge on any atom is -0.346 e. The van der Waals surface area contributed by atoms with Crippen LogP contribution in [0.5, 0.6) is 0 Å². The number of hydrogen-bond acceptors (Lipinski definition) is 6. The van der Waals surface area contributed by atoms with Gasteiger partial charge in [-0.3, -0.25) is 9.58 Å². The lowest BCUT2D eigenvalue weighted by atomic mass is 9.70. The second-order valence-corrected chi connectivity index (χ2v) is 9.54. The molecule has 0 bridgehead atoms. The normalized spacial score (nSPS) is 23.9. The average Bonchev–Trinajstić information content (AvgIpc) is 3.51. The zero-order valence-electron chi connectivity index (χ0n) is 19.7. The molecule has 1 saturated carbocycles. The first-order valence-electron chi connectivity index (χ1n) is 12.0. The van der Waals surface area contributed by atoms with Crippen LogP contribution in [-0.2, 0) is 5.54 Å². The summed E-state index contributed by atoms with van der Waals surface area (Å²) in [5.41, 5.74) is 2.26. The van der Waals surface area contributed by atoms with Gasteiger partial charge in [0.05, 0.1) is 29.9 Å². The molecule has 0 aromatic carbocycles. The standard InChI is InChI=1S/C24H31N9O/c1-3-17(2)30-23(34)32-10-8-31(9-11-32)19-12-24(13-19,5-6-25)33-15-18(14-29-33)21-20-4-7-26-22(20)28-16-27-21/h4,7,14-17,19H,3,5,8-13H2,1-2H3,(H,30,34)(H,26,27,28)/t17-,19?,24?/m1/s1. The number of carbonyl (C=O) groups excluding carboxylic acids is 1. The van der Waals surface area contributed by atoms with Crippen molar-refractivity contribution in [3.8, 4) is 17.3 Å². The van der Waals surface area contributed by atoms with Crippen LogP contribution in [0.4, 0.5) is 4.79 Å². The predicted molar refractivity (Wildman–Crippen MR) is 128 cm³/mol. The molecule has 4 heterocycles. The third kappa shape index (κ3) is 4.01. The Labute approximate surface area is 199 Å². The van der Waals surface area contributed by atoms with Gasteiger partial charge in [-0.2, -0.15) is 10.4 Å². The molecule has 1 aliphatic heterocycles. The highest BCUT2D eigenvalue weighted by molar-refractivity contribution is 5.90. The molecular weight excluding hydrogens is 430 g/mol. The lowest BCUT2D eigenvalue weighted by Crippen LogP contribution is -2.61. The molecule has 2 fully saturated rings. The molecule has 10 heteroatoms. The van der Waals surface area contributed by atoms with Crippen LogP contribution in [0, 0.1) is 11.3 Å². The first-order chi connectivity index (χ1) is 16.5. The summed E-state index contributed by atoms with van der Waals surface area (Å²) < 4.78 is 1.97. The van der Waals surface area contributed by atoms with Crippen LogP contribution >= 0.6 is 0 Å². The Morgan fingerprint density at radius 2 is 2.12 bits per heavy atom. The van der Waals surface area contributed by atoms with Crippen LogP contribution in [0.15, 0.2) is 31.0 Å². The average molecular weight is 462 g/mol. The van der Waals surface area contributed by atoms with E-state index in [1.807, 2.05) is 41.2 Å². The summed E-state index contributed by atoms with van der Waals surface area (Å²) in [5, 5.41) is 18.2. The fourth-order valence-corrected chi connectivity index (χ4v) is 5.14. The molecule has 5 rings (SSSR count). The SMILES string of the molecule is CC[C@@H](C)NC(=O)N1CCN(C2CC(CC#N)(n3cc(-c4ncnc5[nH]ccc45)cn3)C2)CC1. The maximum absolute atomic E-state index is 12.4. The molecule has 0 spiro atoms. The maximum atomic E-state index is 12.4. The Morgan fingerprint density at radius 1 is 1.32 bits per heavy atom. The number of aromatic nitrogens is 5. The van der Waals surface area contributed by atoms with Crippen LogP contribution in [0.25, 0.3) is 22.3 Å². The Balaban J connectivity index is 1.24. The Kier molecular flexibility index (Phi) is 5.96. The lowest BCUT2D eigenvalue weighted by molar-refractivity contribution is -0.0130. The highest BCUT2D eigenvalue weighted by atomic mass is 16.2. The van der Waals surface area contributed by atoms with Crippen LogP contribution in [0.2, 0.25) is 0 Å². The Morgan fingerprint density at radius 3 is 2.85 bits per heavy atom. The number of fused-ring (bicyclic) bond motifs is 1. The molecule has 178 valence electrons. The van der Waals surface area contributed by atoms with Gasteiger partial charge in [0, 0.05) is 61.6 Å². The van der Waals surface area contributed by atoms with E-state index in [4.69, 9.17) is 0 Å². The van der Waals surface area contributed by atoms with E-state index < -0.39 is 0 Å². The molecule has 0 radical (unpaired) electrons. The zero-order chi connectivity index (χ0) is 23.7. The first-order valence-corrected chi connectivity index (χ1v) is 12.0. The number of aromatic amines is 1. The number of hydrogen-bond donors (Lipinski definition) is 2. The summed E-state index contributed by atoms with van der Waals surface area (Å²) in [6.07, 6.45) is 10.4. The molecule has 10 nitrogen and oxygen atoms in total. The molecule has 3 aromatic heterocycles. The lowest BCUT2D eigenvalue weighted by Gasteiger charge is -2.52. The smallest absolute Gasteiger partial charge is 0.317 e. The van der Waals surface area contributed by atoms with Crippen LogP contribution in [0.3, 0.4) is 0 Å². The zero-order valence-corrected chi connectivity index (χ0v) is 19.7. The number of nitrogens with one attached hydrogen (secondary N) is 2. The topological polar surface area (TPSA) is 119 Å². The van der Waals surface area contributed by atoms with Gasteiger partial charge < -0.3 is 15.2 Å². The van der Waals surface area contributed by atoms with Crippen molar-refractivity contribution in [2.45, 2.75) is 57.2 Å². The number of nitrogens with zero attached hydrogens (tertiary/aromatic N) is 7. The van der Waals surface area contributed by atoms with Gasteiger partial charge in [-0.15, -0.1) is 0 Å². The summed E-state index contributed by atoms with van der Waals surface area (Å²) in [6.45, 7) is 7.29. The summed E-state index contributed by atoms with van der Waals surface area (Å²) in [6, 6.07) is 4.98. The van der Waals surface area contributed by atoms with Gasteiger partial charge in [0.15, 0.2) is 0 Å². The van der Waals surface area contributed by atoms with Gasteiger partial charge in [-0.1, -0.05) is 6.92 Å². The second kappa shape index (κ2) is 9.06. The van der Waals surface area contributed by atoms with Crippen molar-refractivity contribution in [1.29, 1.82) is 5.26 Å². The number of urea groups is 1. The Bertz CT molecular complexity index is 1190. The molecular formula is C24H31N9O. The number of H-pyrrole nitrogens is 1. The van der Waals surface area contributed by atoms with Crippen molar-refractivity contribution in [2.75, 3.05) is 26.2 Å². The molecule has 2 amide bonds. The fourth-order valence-electron chi connectivity index (χ4n) is 5.14. The number of rotatable bonds is 6. The van der Waals surface area contributed by atoms with Crippen molar-refractivity contribution in [3.05, 3.63) is 31.0 Å². The van der Waals surface area contributed by atoms with E-state index in [0.717, 1.165) is 67.7 Å². The summed E-state index contributed by atoms with van der Waals surface area (Å²) in [5.74, 6) is 0. The fraction of sp³-hybridized carbons (Fsp3) is 0.542. The van der Waals surface area contributed by atoms with Crippen LogP contribution in [0.1, 0.15) is 39.5 Å². The Hall–Kier alpha value is -3.45. The first kappa shape index (κ1) is 22.3. The van der Waals surface area contributed by atoms with E-state index in [9.17, 15) is 10.1 Å². The van der Waals surface area contributed by atoms with E-state index >= 15 is 0 Å². The van der Waals surface area contributed by atoms with Gasteiger partial charge in [-0.25, -0.2) is 14.8 Å². The van der Waals surface area contributed by atoms with Crippen LogP contribution < -0.4 is 5.32 Å². The largest absolute Gasteiger partial charge is 0.346 e. The third-order valence-electron chi connectivity index (χ3n) is 7.44. The third-order valence-corrected chi connectivity index (χ3v) is 7.44. The van der Waals surface area contributed by atoms with Crippen molar-refractivity contribution in [2.24, 2.45) is 0 Å². The predicted octanol–water partition coefficient (Wildman–Crippen LogP) is 2.72. The summed E-state index contributed by atoms with van der Waals surface area (Å²) >= 11 is 0. The monoisotopic (exact) mass is 461 g/mol. The second-order valence-electron chi connectivity index (χ2n) is 9.54. The molecule has 1 atom stereocenters. The molecule has 34 heavy (non-hydrogen) atoms. The van der Waals surface area contributed by atoms with Crippen LogP contribution in [-0.4, -0.2) is 78.8 Å². The van der Waals surface area contributed by atoms with Crippen molar-refractivity contribution in [1.82, 2.24) is 39.8 Å². The molecule has 1 saturated heterocycles. The summed E-state index contributed by atoms with van der Waals surface area (Å²) in [7, 11) is 0. The van der Waals surface area contributed by atoms with E-state index in [2.05, 4.69) is 43.3 Å². The van der Waals surface area contributed by atoms with Gasteiger partial charge in [0.25, 0.3) is 0 Å². The molecule has 2 N–H and O–H groups in total. The van der Waals surface area contributed by atoms with E-state index in [1.165, 1.54) is 0 Å². The molecule has 3 aromatic rings. The van der Waals surface area contributed by atoms with Crippen molar-refractivity contribution in [3.63, 3.8) is 0 Å². The van der Waals surface area contributed by atoms with Gasteiger partial charge in [-0.05, 0) is 32.3 Å². The number of piperazine rings is 1. The van der Waals surface area contributed by atoms with Gasteiger partial charge in [0.1, 0.15) is 12.0 Å². The highest BCUT2D eigenvalue weighted by Crippen LogP contribution is 2.45. The quantitative estimate of drug-likeness (QED) is 0.583. The molecule has 0 unspecified atom stereocenters. The van der Waals surface area contributed by atoms with E-state index in [1.54, 1.807) is 6.33 Å². The minimum atomic E-state index is -0.299. The maximum Gasteiger partial charge on any atom is 0.317 e. The highest BCUT2D eigenvalue weighted by Gasteiger charge is 2.49. The van der Waals surface area contributed by atoms with Crippen molar-refractivity contribution >= 4 is 17.1 Å².